The van der Waals surface area contributed by atoms with Gasteiger partial charge in [-0.05, 0) is 36.0 Å². The van der Waals surface area contributed by atoms with Gasteiger partial charge in [0.15, 0.2) is 0 Å². The van der Waals surface area contributed by atoms with Gasteiger partial charge in [0.25, 0.3) is 0 Å². The Kier molecular flexibility index (Phi) is 4.89. The van der Waals surface area contributed by atoms with Gasteiger partial charge in [-0.3, -0.25) is 0 Å². The molecule has 1 N–H and O–H groups in total. The third kappa shape index (κ3) is 3.53. The smallest absolute Gasteiger partial charge is 0.214 e. The lowest BCUT2D eigenvalue weighted by Gasteiger charge is -2.07. The Labute approximate surface area is 115 Å². The first kappa shape index (κ1) is 13.5. The molecule has 0 aliphatic heterocycles. The van der Waals surface area contributed by atoms with Crippen molar-refractivity contribution in [2.24, 2.45) is 0 Å². The van der Waals surface area contributed by atoms with Gasteiger partial charge in [0.1, 0.15) is 0 Å². The van der Waals surface area contributed by atoms with Gasteiger partial charge in [-0.15, -0.1) is 5.10 Å². The van der Waals surface area contributed by atoms with Crippen molar-refractivity contribution < 1.29 is 0 Å². The van der Waals surface area contributed by atoms with E-state index < -0.39 is 0 Å². The van der Waals surface area contributed by atoms with Crippen LogP contribution < -0.4 is 5.32 Å². The molecular weight excluding hydrogens is 260 g/mol. The number of hydrogen-bond donors (Lipinski definition) is 1. The Morgan fingerprint density at radius 3 is 2.89 bits per heavy atom. The van der Waals surface area contributed by atoms with Crippen LogP contribution in [0.15, 0.2) is 35.5 Å². The molecule has 1 unspecified atom stereocenters. The first-order valence-electron chi connectivity index (χ1n) is 5.88. The Balaban J connectivity index is 1.99. The first-order chi connectivity index (χ1) is 9.35. The third-order valence-electron chi connectivity index (χ3n) is 2.58. The zero-order chi connectivity index (χ0) is 13.5. The maximum Gasteiger partial charge on any atom is 0.214 e. The van der Waals surface area contributed by atoms with Crippen LogP contribution in [0.1, 0.15) is 6.42 Å². The van der Waals surface area contributed by atoms with Crippen LogP contribution in [0, 0.1) is 11.3 Å². The van der Waals surface area contributed by atoms with Crippen LogP contribution in [0.5, 0.6) is 0 Å². The number of hydrogen-bond acceptors (Lipinski definition) is 6. The Hall–Kier alpha value is -1.91. The molecule has 1 atom stereocenters. The molecule has 2 aromatic rings. The van der Waals surface area contributed by atoms with E-state index in [4.69, 9.17) is 5.26 Å². The predicted octanol–water partition coefficient (Wildman–Crippen LogP) is 1.26. The predicted molar refractivity (Wildman–Crippen MR) is 73.0 cm³/mol. The highest BCUT2D eigenvalue weighted by Gasteiger charge is 2.10. The van der Waals surface area contributed by atoms with Crippen LogP contribution >= 0.6 is 11.8 Å². The molecule has 6 nitrogen and oxygen atoms in total. The summed E-state index contributed by atoms with van der Waals surface area (Å²) in [5.74, 6) is 0.784. The number of rotatable bonds is 6. The Bertz CT molecular complexity index is 547. The Morgan fingerprint density at radius 2 is 2.21 bits per heavy atom. The minimum Gasteiger partial charge on any atom is -0.305 e. The van der Waals surface area contributed by atoms with Crippen molar-refractivity contribution in [3.05, 3.63) is 30.3 Å². The molecular formula is C12H14N6S. The number of aromatic nitrogens is 4. The van der Waals surface area contributed by atoms with Gasteiger partial charge in [0.05, 0.1) is 17.8 Å². The van der Waals surface area contributed by atoms with Crippen LogP contribution in [0.25, 0.3) is 5.69 Å². The van der Waals surface area contributed by atoms with Crippen LogP contribution in [-0.2, 0) is 0 Å². The lowest BCUT2D eigenvalue weighted by Crippen LogP contribution is -2.23. The van der Waals surface area contributed by atoms with Gasteiger partial charge in [-0.2, -0.15) is 9.94 Å². The molecule has 0 aliphatic carbocycles. The van der Waals surface area contributed by atoms with Crippen molar-refractivity contribution in [2.75, 3.05) is 12.8 Å². The molecule has 0 aliphatic rings. The topological polar surface area (TPSA) is 79.4 Å². The SMILES string of the molecule is CNC(C#N)CCSc1nnnn1-c1ccccc1. The summed E-state index contributed by atoms with van der Waals surface area (Å²) in [6, 6.07) is 11.8. The van der Waals surface area contributed by atoms with E-state index in [2.05, 4.69) is 26.9 Å². The zero-order valence-electron chi connectivity index (χ0n) is 10.5. The molecule has 19 heavy (non-hydrogen) atoms. The summed E-state index contributed by atoms with van der Waals surface area (Å²) in [5.41, 5.74) is 0.931. The summed E-state index contributed by atoms with van der Waals surface area (Å²) in [5, 5.41) is 24.2. The van der Waals surface area contributed by atoms with Crippen molar-refractivity contribution in [3.63, 3.8) is 0 Å². The van der Waals surface area contributed by atoms with Crippen molar-refractivity contribution >= 4 is 11.8 Å². The van der Waals surface area contributed by atoms with Gasteiger partial charge in [0.2, 0.25) is 5.16 Å². The van der Waals surface area contributed by atoms with E-state index in [1.54, 1.807) is 23.5 Å². The fourth-order valence-electron chi connectivity index (χ4n) is 1.54. The van der Waals surface area contributed by atoms with E-state index >= 15 is 0 Å². The average molecular weight is 274 g/mol. The van der Waals surface area contributed by atoms with Crippen LogP contribution in [0.3, 0.4) is 0 Å². The van der Waals surface area contributed by atoms with Crippen molar-refractivity contribution in [2.45, 2.75) is 17.6 Å². The summed E-state index contributed by atoms with van der Waals surface area (Å²) in [4.78, 5) is 0. The molecule has 1 aromatic carbocycles. The molecule has 0 saturated carbocycles. The van der Waals surface area contributed by atoms with E-state index in [1.807, 2.05) is 30.3 Å². The average Bonchev–Trinajstić information content (AvgIpc) is 2.93. The van der Waals surface area contributed by atoms with E-state index in [0.29, 0.717) is 0 Å². The highest BCUT2D eigenvalue weighted by atomic mass is 32.2. The molecule has 98 valence electrons. The molecule has 0 bridgehead atoms. The minimum absolute atomic E-state index is 0.131. The third-order valence-corrected chi connectivity index (χ3v) is 3.54. The summed E-state index contributed by atoms with van der Waals surface area (Å²) in [7, 11) is 1.78. The van der Waals surface area contributed by atoms with Crippen molar-refractivity contribution in [3.8, 4) is 11.8 Å². The van der Waals surface area contributed by atoms with E-state index in [1.165, 1.54) is 0 Å². The lowest BCUT2D eigenvalue weighted by molar-refractivity contribution is 0.662. The van der Waals surface area contributed by atoms with Gasteiger partial charge in [-0.25, -0.2) is 0 Å². The highest BCUT2D eigenvalue weighted by molar-refractivity contribution is 7.99. The highest BCUT2D eigenvalue weighted by Crippen LogP contribution is 2.18. The number of para-hydroxylation sites is 1. The lowest BCUT2D eigenvalue weighted by atomic mass is 10.3. The van der Waals surface area contributed by atoms with Gasteiger partial charge >= 0.3 is 0 Å². The normalized spacial score (nSPS) is 12.0. The number of benzene rings is 1. The van der Waals surface area contributed by atoms with Crippen LogP contribution in [-0.4, -0.2) is 39.0 Å². The van der Waals surface area contributed by atoms with Crippen LogP contribution in [0.2, 0.25) is 0 Å². The van der Waals surface area contributed by atoms with Gasteiger partial charge in [-0.1, -0.05) is 30.0 Å². The second kappa shape index (κ2) is 6.87. The molecule has 1 heterocycles. The fraction of sp³-hybridized carbons (Fsp3) is 0.333. The minimum atomic E-state index is -0.131. The quantitative estimate of drug-likeness (QED) is 0.799. The summed E-state index contributed by atoms with van der Waals surface area (Å²) in [6.45, 7) is 0. The largest absolute Gasteiger partial charge is 0.305 e. The van der Waals surface area contributed by atoms with Gasteiger partial charge < -0.3 is 5.32 Å². The first-order valence-corrected chi connectivity index (χ1v) is 6.87. The molecule has 0 amide bonds. The number of nitriles is 1. The maximum atomic E-state index is 8.85. The molecule has 1 aromatic heterocycles. The standard InChI is InChI=1S/C12H14N6S/c1-14-10(9-13)7-8-19-12-15-16-17-18(12)11-5-3-2-4-6-11/h2-6,10,14H,7-8H2,1H3. The second-order valence-electron chi connectivity index (χ2n) is 3.82. The molecule has 0 saturated heterocycles. The summed E-state index contributed by atoms with van der Waals surface area (Å²) < 4.78 is 1.70. The van der Waals surface area contributed by atoms with Crippen molar-refractivity contribution in [1.29, 1.82) is 5.26 Å². The number of tetrazole rings is 1. The molecule has 0 radical (unpaired) electrons. The fourth-order valence-corrected chi connectivity index (χ4v) is 2.44. The van der Waals surface area contributed by atoms with E-state index in [9.17, 15) is 0 Å². The van der Waals surface area contributed by atoms with Crippen LogP contribution in [0.4, 0.5) is 0 Å². The van der Waals surface area contributed by atoms with E-state index in [-0.39, 0.29) is 6.04 Å². The summed E-state index contributed by atoms with van der Waals surface area (Å²) in [6.07, 6.45) is 0.749. The monoisotopic (exact) mass is 274 g/mol. The van der Waals surface area contributed by atoms with E-state index in [0.717, 1.165) is 23.0 Å². The second-order valence-corrected chi connectivity index (χ2v) is 4.88. The summed E-state index contributed by atoms with van der Waals surface area (Å²) >= 11 is 1.54. The molecule has 2 rings (SSSR count). The number of thioether (sulfide) groups is 1. The molecule has 7 heteroatoms. The number of nitrogens with one attached hydrogen (secondary N) is 1. The maximum absolute atomic E-state index is 8.85. The number of nitrogens with zero attached hydrogens (tertiary/aromatic N) is 5. The van der Waals surface area contributed by atoms with Crippen molar-refractivity contribution in [1.82, 2.24) is 25.5 Å². The molecule has 0 spiro atoms. The zero-order valence-corrected chi connectivity index (χ0v) is 11.3. The van der Waals surface area contributed by atoms with Gasteiger partial charge in [0, 0.05) is 5.75 Å². The molecule has 0 fully saturated rings. The Morgan fingerprint density at radius 1 is 1.42 bits per heavy atom.